The first-order valence-corrected chi connectivity index (χ1v) is 8.78. The van der Waals surface area contributed by atoms with Crippen molar-refractivity contribution in [1.82, 2.24) is 0 Å². The minimum Gasteiger partial charge on any atom is -0.457 e. The molecule has 1 aliphatic rings. The quantitative estimate of drug-likeness (QED) is 0.714. The van der Waals surface area contributed by atoms with Crippen LogP contribution in [0.4, 0.5) is 0 Å². The highest BCUT2D eigenvalue weighted by Crippen LogP contribution is 2.21. The Morgan fingerprint density at radius 2 is 1.35 bits per heavy atom. The highest BCUT2D eigenvalue weighted by Gasteiger charge is 2.38. The van der Waals surface area contributed by atoms with Crippen LogP contribution in [0.3, 0.4) is 0 Å². The molecule has 5 heteroatoms. The lowest BCUT2D eigenvalue weighted by atomic mass is 10.1. The summed E-state index contributed by atoms with van der Waals surface area (Å²) >= 11 is 0. The fourth-order valence-corrected chi connectivity index (χ4v) is 2.91. The molecule has 0 bridgehead atoms. The summed E-state index contributed by atoms with van der Waals surface area (Å²) < 4.78 is 23.1. The maximum atomic E-state index is 11.6. The van der Waals surface area contributed by atoms with E-state index >= 15 is 0 Å². The van der Waals surface area contributed by atoms with Gasteiger partial charge in [0.2, 0.25) is 0 Å². The third kappa shape index (κ3) is 5.39. The maximum absolute atomic E-state index is 11.6. The van der Waals surface area contributed by atoms with Crippen molar-refractivity contribution in [2.45, 2.75) is 38.4 Å². The molecular formula is C21H24O5. The molecule has 0 aliphatic carbocycles. The van der Waals surface area contributed by atoms with Gasteiger partial charge in [-0.15, -0.1) is 0 Å². The van der Waals surface area contributed by atoms with Gasteiger partial charge in [0.1, 0.15) is 12.2 Å². The van der Waals surface area contributed by atoms with E-state index in [4.69, 9.17) is 18.9 Å². The van der Waals surface area contributed by atoms with E-state index in [1.165, 1.54) is 6.92 Å². The summed E-state index contributed by atoms with van der Waals surface area (Å²) in [5.74, 6) is -0.349. The Labute approximate surface area is 153 Å². The first kappa shape index (κ1) is 18.6. The second-order valence-corrected chi connectivity index (χ2v) is 6.28. The van der Waals surface area contributed by atoms with Gasteiger partial charge in [-0.25, -0.2) is 0 Å². The summed E-state index contributed by atoms with van der Waals surface area (Å²) in [5, 5.41) is 0. The molecule has 0 saturated carbocycles. The molecule has 0 amide bonds. The molecule has 1 heterocycles. The Hall–Kier alpha value is -2.21. The van der Waals surface area contributed by atoms with Crippen molar-refractivity contribution in [2.24, 2.45) is 0 Å². The molecule has 3 rings (SSSR count). The van der Waals surface area contributed by atoms with E-state index in [9.17, 15) is 4.79 Å². The van der Waals surface area contributed by atoms with E-state index in [1.807, 2.05) is 60.7 Å². The number of hydrogen-bond donors (Lipinski definition) is 0. The fourth-order valence-electron chi connectivity index (χ4n) is 2.91. The Bertz CT molecular complexity index is 622. The summed E-state index contributed by atoms with van der Waals surface area (Å²) in [7, 11) is 0. The summed E-state index contributed by atoms with van der Waals surface area (Å²) in [6.45, 7) is 3.00. The Morgan fingerprint density at radius 3 is 1.77 bits per heavy atom. The largest absolute Gasteiger partial charge is 0.457 e. The third-order valence-electron chi connectivity index (χ3n) is 4.21. The van der Waals surface area contributed by atoms with E-state index in [-0.39, 0.29) is 18.2 Å². The molecular weight excluding hydrogens is 332 g/mol. The molecule has 26 heavy (non-hydrogen) atoms. The predicted octanol–water partition coefficient (Wildman–Crippen LogP) is 3.12. The standard InChI is InChI=1S/C21H24O5/c1-16(22)26-21-19(24-12-17-8-4-2-5-9-17)14-23-15-20(21)25-13-18-10-6-3-7-11-18/h2-11,19-21H,12-15H2,1H3/t19-,20?,21?/m1/s1. The minimum absolute atomic E-state index is 0.349. The van der Waals surface area contributed by atoms with Crippen LogP contribution in [-0.2, 0) is 37.0 Å². The predicted molar refractivity (Wildman–Crippen MR) is 96.4 cm³/mol. The average molecular weight is 356 g/mol. The van der Waals surface area contributed by atoms with Gasteiger partial charge in [-0.3, -0.25) is 4.79 Å². The van der Waals surface area contributed by atoms with Crippen LogP contribution in [0.25, 0.3) is 0 Å². The van der Waals surface area contributed by atoms with Gasteiger partial charge < -0.3 is 18.9 Å². The number of hydrogen-bond acceptors (Lipinski definition) is 5. The molecule has 5 nitrogen and oxygen atoms in total. The van der Waals surface area contributed by atoms with Crippen molar-refractivity contribution in [2.75, 3.05) is 13.2 Å². The number of rotatable bonds is 7. The van der Waals surface area contributed by atoms with Crippen LogP contribution in [0, 0.1) is 0 Å². The second kappa shape index (κ2) is 9.48. The van der Waals surface area contributed by atoms with Crippen LogP contribution in [0.2, 0.25) is 0 Å². The molecule has 0 N–H and O–H groups in total. The van der Waals surface area contributed by atoms with E-state index in [0.717, 1.165) is 11.1 Å². The molecule has 1 saturated heterocycles. The van der Waals surface area contributed by atoms with E-state index < -0.39 is 6.10 Å². The van der Waals surface area contributed by atoms with Crippen LogP contribution in [0.15, 0.2) is 60.7 Å². The van der Waals surface area contributed by atoms with Crippen LogP contribution in [0.5, 0.6) is 0 Å². The van der Waals surface area contributed by atoms with Crippen LogP contribution in [0.1, 0.15) is 18.1 Å². The zero-order valence-corrected chi connectivity index (χ0v) is 14.9. The molecule has 3 atom stereocenters. The summed E-state index contributed by atoms with van der Waals surface area (Å²) in [6, 6.07) is 19.8. The van der Waals surface area contributed by atoms with Gasteiger partial charge in [0.25, 0.3) is 0 Å². The molecule has 138 valence electrons. The summed E-state index contributed by atoms with van der Waals surface area (Å²) in [6.07, 6.45) is -1.23. The fraction of sp³-hybridized carbons (Fsp3) is 0.381. The highest BCUT2D eigenvalue weighted by atomic mass is 16.6. The van der Waals surface area contributed by atoms with Crippen LogP contribution in [-0.4, -0.2) is 37.5 Å². The summed E-state index contributed by atoms with van der Waals surface area (Å²) in [5.41, 5.74) is 2.11. The molecule has 1 aliphatic heterocycles. The van der Waals surface area contributed by atoms with Crippen molar-refractivity contribution in [3.8, 4) is 0 Å². The van der Waals surface area contributed by atoms with Crippen molar-refractivity contribution in [3.05, 3.63) is 71.8 Å². The number of benzene rings is 2. The Balaban J connectivity index is 1.62. The lowest BCUT2D eigenvalue weighted by Gasteiger charge is -2.36. The van der Waals surface area contributed by atoms with Crippen molar-refractivity contribution >= 4 is 5.97 Å². The number of carbonyl (C=O) groups excluding carboxylic acids is 1. The van der Waals surface area contributed by atoms with E-state index in [0.29, 0.717) is 26.4 Å². The first-order chi connectivity index (χ1) is 12.7. The Kier molecular flexibility index (Phi) is 6.77. The zero-order valence-electron chi connectivity index (χ0n) is 14.9. The normalized spacial score (nSPS) is 22.7. The van der Waals surface area contributed by atoms with Gasteiger partial charge >= 0.3 is 5.97 Å². The number of ether oxygens (including phenoxy) is 4. The molecule has 0 aromatic heterocycles. The van der Waals surface area contributed by atoms with Gasteiger partial charge in [0.15, 0.2) is 6.10 Å². The molecule has 2 aromatic carbocycles. The summed E-state index contributed by atoms with van der Waals surface area (Å²) in [4.78, 5) is 11.6. The van der Waals surface area contributed by atoms with Gasteiger partial charge in [-0.05, 0) is 11.1 Å². The van der Waals surface area contributed by atoms with Crippen LogP contribution < -0.4 is 0 Å². The lowest BCUT2D eigenvalue weighted by molar-refractivity contribution is -0.210. The molecule has 2 unspecified atom stereocenters. The highest BCUT2D eigenvalue weighted by molar-refractivity contribution is 5.66. The average Bonchev–Trinajstić information content (AvgIpc) is 2.67. The molecule has 0 spiro atoms. The Morgan fingerprint density at radius 1 is 0.885 bits per heavy atom. The second-order valence-electron chi connectivity index (χ2n) is 6.28. The SMILES string of the molecule is CC(=O)OC1C(OCc2ccccc2)COC[C@H]1OCc1ccccc1. The van der Waals surface area contributed by atoms with E-state index in [2.05, 4.69) is 0 Å². The number of esters is 1. The first-order valence-electron chi connectivity index (χ1n) is 8.78. The molecule has 2 aromatic rings. The monoisotopic (exact) mass is 356 g/mol. The topological polar surface area (TPSA) is 54.0 Å². The number of carbonyl (C=O) groups is 1. The third-order valence-corrected chi connectivity index (χ3v) is 4.21. The van der Waals surface area contributed by atoms with Crippen LogP contribution >= 0.6 is 0 Å². The van der Waals surface area contributed by atoms with E-state index in [1.54, 1.807) is 0 Å². The zero-order chi connectivity index (χ0) is 18.2. The van der Waals surface area contributed by atoms with Crippen molar-refractivity contribution in [3.63, 3.8) is 0 Å². The minimum atomic E-state index is -0.492. The van der Waals surface area contributed by atoms with Gasteiger partial charge in [-0.1, -0.05) is 60.7 Å². The van der Waals surface area contributed by atoms with Crippen molar-refractivity contribution < 1.29 is 23.7 Å². The smallest absolute Gasteiger partial charge is 0.303 e. The maximum Gasteiger partial charge on any atom is 0.303 e. The van der Waals surface area contributed by atoms with Crippen molar-refractivity contribution in [1.29, 1.82) is 0 Å². The molecule has 1 fully saturated rings. The lowest BCUT2D eigenvalue weighted by Crippen LogP contribution is -2.52. The van der Waals surface area contributed by atoms with Gasteiger partial charge in [0, 0.05) is 6.92 Å². The van der Waals surface area contributed by atoms with Gasteiger partial charge in [-0.2, -0.15) is 0 Å². The van der Waals surface area contributed by atoms with Gasteiger partial charge in [0.05, 0.1) is 26.4 Å². The molecule has 0 radical (unpaired) electrons.